The second-order valence-corrected chi connectivity index (χ2v) is 10.4. The van der Waals surface area contributed by atoms with Gasteiger partial charge in [0, 0.05) is 61.6 Å². The number of amides is 2. The summed E-state index contributed by atoms with van der Waals surface area (Å²) in [4.78, 5) is 28.9. The van der Waals surface area contributed by atoms with Crippen molar-refractivity contribution in [2.75, 3.05) is 26.2 Å². The molecule has 3 aliphatic rings. The molecule has 3 aromatic rings. The van der Waals surface area contributed by atoms with Crippen LogP contribution in [0, 0.1) is 17.2 Å². The molecular weight excluding hydrogens is 442 g/mol. The smallest absolute Gasteiger partial charge is 0.317 e. The summed E-state index contributed by atoms with van der Waals surface area (Å²) in [6, 6.07) is 5.11. The van der Waals surface area contributed by atoms with Gasteiger partial charge in [-0.25, -0.2) is 14.8 Å². The number of carbonyl (C=O) groups excluding carboxylic acids is 1. The molecule has 2 N–H and O–H groups in total. The number of piperazine rings is 1. The predicted molar refractivity (Wildman–Crippen MR) is 130 cm³/mol. The summed E-state index contributed by atoms with van der Waals surface area (Å²) in [6.45, 7) is 5.35. The van der Waals surface area contributed by atoms with Gasteiger partial charge in [-0.05, 0) is 44.6 Å². The van der Waals surface area contributed by atoms with Crippen LogP contribution < -0.4 is 5.32 Å². The number of hydrogen-bond acceptors (Lipinski definition) is 6. The zero-order valence-electron chi connectivity index (χ0n) is 20.0. The Labute approximate surface area is 204 Å². The average molecular weight is 474 g/mol. The standard InChI is InChI=1S/C25H31N9O/c1-17(18-2-3-18)31-24(35)33-10-8-32(9-11-33)20-12-25(13-20,5-6-26)34-15-19(14-30-34)22-21-4-7-27-23(21)29-16-28-22/h4,7,14-18,20H,2-3,5,8-13H2,1H3,(H,31,35)(H,27,28,29)/t17-,20-,25-/m0/s1. The fourth-order valence-corrected chi connectivity index (χ4v) is 5.73. The van der Waals surface area contributed by atoms with Gasteiger partial charge in [-0.3, -0.25) is 9.58 Å². The van der Waals surface area contributed by atoms with Crippen molar-refractivity contribution < 1.29 is 4.79 Å². The van der Waals surface area contributed by atoms with E-state index in [1.54, 1.807) is 6.33 Å². The first-order valence-electron chi connectivity index (χ1n) is 12.6. The second kappa shape index (κ2) is 8.64. The maximum absolute atomic E-state index is 12.6. The summed E-state index contributed by atoms with van der Waals surface area (Å²) in [6.07, 6.45) is 11.9. The molecule has 6 rings (SSSR count). The summed E-state index contributed by atoms with van der Waals surface area (Å²) in [5.41, 5.74) is 2.28. The number of nitrogens with zero attached hydrogens (tertiary/aromatic N) is 7. The Balaban J connectivity index is 1.10. The molecule has 2 amide bonds. The Morgan fingerprint density at radius 3 is 2.83 bits per heavy atom. The molecule has 1 aliphatic heterocycles. The van der Waals surface area contributed by atoms with Crippen LogP contribution in [0.3, 0.4) is 0 Å². The maximum atomic E-state index is 12.6. The Bertz CT molecular complexity index is 1260. The minimum atomic E-state index is -0.295. The topological polar surface area (TPSA) is 119 Å². The molecule has 0 aromatic carbocycles. The number of hydrogen-bond donors (Lipinski definition) is 2. The fraction of sp³-hybridized carbons (Fsp3) is 0.560. The molecule has 0 bridgehead atoms. The molecule has 3 aromatic heterocycles. The Morgan fingerprint density at radius 2 is 2.09 bits per heavy atom. The quantitative estimate of drug-likeness (QED) is 0.568. The van der Waals surface area contributed by atoms with Gasteiger partial charge in [0.1, 0.15) is 12.0 Å². The minimum Gasteiger partial charge on any atom is -0.346 e. The van der Waals surface area contributed by atoms with Crippen molar-refractivity contribution in [1.82, 2.24) is 39.8 Å². The van der Waals surface area contributed by atoms with Gasteiger partial charge >= 0.3 is 6.03 Å². The highest BCUT2D eigenvalue weighted by molar-refractivity contribution is 5.90. The molecule has 4 heterocycles. The third kappa shape index (κ3) is 4.04. The summed E-state index contributed by atoms with van der Waals surface area (Å²) < 4.78 is 1.98. The number of nitriles is 1. The molecule has 0 spiro atoms. The number of nitrogens with one attached hydrogen (secondary N) is 2. The van der Waals surface area contributed by atoms with E-state index in [4.69, 9.17) is 0 Å². The zero-order chi connectivity index (χ0) is 24.0. The Hall–Kier alpha value is -3.45. The van der Waals surface area contributed by atoms with Crippen molar-refractivity contribution in [3.05, 3.63) is 31.0 Å². The van der Waals surface area contributed by atoms with Gasteiger partial charge in [0.25, 0.3) is 0 Å². The van der Waals surface area contributed by atoms with Crippen LogP contribution in [0.15, 0.2) is 31.0 Å². The summed E-state index contributed by atoms with van der Waals surface area (Å²) in [5, 5.41) is 18.4. The SMILES string of the molecule is C[C@H](NC(=O)N1CCN([C@H]2C[C@](CC#N)(n3cc(-c4ncnc5[nH]ccc45)cn3)C2)CC1)C1CC1. The van der Waals surface area contributed by atoms with Crippen LogP contribution >= 0.6 is 0 Å². The molecule has 10 heteroatoms. The van der Waals surface area contributed by atoms with Gasteiger partial charge in [0.05, 0.1) is 29.9 Å². The van der Waals surface area contributed by atoms with Crippen molar-refractivity contribution >= 4 is 17.1 Å². The van der Waals surface area contributed by atoms with Crippen LogP contribution in [0.1, 0.15) is 39.0 Å². The lowest BCUT2D eigenvalue weighted by molar-refractivity contribution is -0.0130. The number of aromatic nitrogens is 5. The Kier molecular flexibility index (Phi) is 5.44. The van der Waals surface area contributed by atoms with E-state index in [-0.39, 0.29) is 17.6 Å². The van der Waals surface area contributed by atoms with E-state index in [0.717, 1.165) is 61.3 Å². The van der Waals surface area contributed by atoms with Crippen molar-refractivity contribution in [2.24, 2.45) is 5.92 Å². The van der Waals surface area contributed by atoms with Gasteiger partial charge in [0.2, 0.25) is 0 Å². The van der Waals surface area contributed by atoms with E-state index in [0.29, 0.717) is 18.4 Å². The van der Waals surface area contributed by atoms with Crippen LogP contribution in [0.5, 0.6) is 0 Å². The van der Waals surface area contributed by atoms with Crippen molar-refractivity contribution in [3.63, 3.8) is 0 Å². The van der Waals surface area contributed by atoms with Crippen LogP contribution in [-0.2, 0) is 5.54 Å². The number of urea groups is 1. The molecule has 0 radical (unpaired) electrons. The van der Waals surface area contributed by atoms with E-state index >= 15 is 0 Å². The van der Waals surface area contributed by atoms with Gasteiger partial charge in [-0.15, -0.1) is 0 Å². The van der Waals surface area contributed by atoms with Gasteiger partial charge in [-0.2, -0.15) is 10.4 Å². The highest BCUT2D eigenvalue weighted by atomic mass is 16.2. The highest BCUT2D eigenvalue weighted by Gasteiger charge is 2.49. The first-order chi connectivity index (χ1) is 17.1. The molecule has 35 heavy (non-hydrogen) atoms. The largest absolute Gasteiger partial charge is 0.346 e. The van der Waals surface area contributed by atoms with E-state index in [2.05, 4.69) is 43.3 Å². The molecule has 182 valence electrons. The first kappa shape index (κ1) is 22.0. The molecule has 1 saturated heterocycles. The van der Waals surface area contributed by atoms with Gasteiger partial charge in [-0.1, -0.05) is 0 Å². The monoisotopic (exact) mass is 473 g/mol. The molecular formula is C25H31N9O. The fourth-order valence-electron chi connectivity index (χ4n) is 5.73. The predicted octanol–water partition coefficient (Wildman–Crippen LogP) is 2.72. The molecule has 10 nitrogen and oxygen atoms in total. The summed E-state index contributed by atoms with van der Waals surface area (Å²) in [7, 11) is 0. The lowest BCUT2D eigenvalue weighted by Crippen LogP contribution is -2.61. The lowest BCUT2D eigenvalue weighted by Gasteiger charge is -2.52. The first-order valence-corrected chi connectivity index (χ1v) is 12.6. The third-order valence-electron chi connectivity index (χ3n) is 8.13. The number of aromatic amines is 1. The Morgan fingerprint density at radius 1 is 1.29 bits per heavy atom. The van der Waals surface area contributed by atoms with Crippen molar-refractivity contribution in [3.8, 4) is 17.3 Å². The van der Waals surface area contributed by atoms with Gasteiger partial charge < -0.3 is 15.2 Å². The average Bonchev–Trinajstić information content (AvgIpc) is 3.39. The number of H-pyrrole nitrogens is 1. The van der Waals surface area contributed by atoms with E-state index in [1.807, 2.05) is 34.2 Å². The minimum absolute atomic E-state index is 0.0711. The summed E-state index contributed by atoms with van der Waals surface area (Å²) >= 11 is 0. The normalized spacial score (nSPS) is 25.7. The van der Waals surface area contributed by atoms with E-state index in [1.165, 1.54) is 12.8 Å². The van der Waals surface area contributed by atoms with Crippen LogP contribution in [0.4, 0.5) is 4.79 Å². The summed E-state index contributed by atoms with van der Waals surface area (Å²) in [5.74, 6) is 0.662. The lowest BCUT2D eigenvalue weighted by atomic mass is 9.70. The molecule has 2 saturated carbocycles. The van der Waals surface area contributed by atoms with Gasteiger partial charge in [0.15, 0.2) is 0 Å². The van der Waals surface area contributed by atoms with Crippen molar-refractivity contribution in [2.45, 2.75) is 56.7 Å². The second-order valence-electron chi connectivity index (χ2n) is 10.4. The number of carbonyl (C=O) groups is 1. The molecule has 2 aliphatic carbocycles. The van der Waals surface area contributed by atoms with Crippen LogP contribution in [0.2, 0.25) is 0 Å². The van der Waals surface area contributed by atoms with Crippen LogP contribution in [0.25, 0.3) is 22.3 Å². The maximum Gasteiger partial charge on any atom is 0.317 e. The molecule has 1 atom stereocenters. The highest BCUT2D eigenvalue weighted by Crippen LogP contribution is 2.45. The zero-order valence-corrected chi connectivity index (χ0v) is 20.0. The van der Waals surface area contributed by atoms with Crippen LogP contribution in [-0.4, -0.2) is 78.8 Å². The molecule has 0 unspecified atom stereocenters. The van der Waals surface area contributed by atoms with E-state index < -0.39 is 0 Å². The number of rotatable bonds is 6. The van der Waals surface area contributed by atoms with Crippen molar-refractivity contribution in [1.29, 1.82) is 5.26 Å². The molecule has 3 fully saturated rings. The third-order valence-corrected chi connectivity index (χ3v) is 8.13. The van der Waals surface area contributed by atoms with E-state index in [9.17, 15) is 10.1 Å². The number of fused-ring (bicyclic) bond motifs is 1.